The summed E-state index contributed by atoms with van der Waals surface area (Å²) in [5.41, 5.74) is 14.4. The van der Waals surface area contributed by atoms with Gasteiger partial charge >= 0.3 is 0 Å². The van der Waals surface area contributed by atoms with Gasteiger partial charge in [-0.1, -0.05) is 127 Å². The summed E-state index contributed by atoms with van der Waals surface area (Å²) in [4.78, 5) is 15.0. The minimum atomic E-state index is 0.644. The van der Waals surface area contributed by atoms with Crippen molar-refractivity contribution in [3.63, 3.8) is 0 Å². The van der Waals surface area contributed by atoms with E-state index in [1.165, 1.54) is 21.5 Å². The first-order valence-corrected chi connectivity index (χ1v) is 21.5. The molecule has 0 amide bonds. The van der Waals surface area contributed by atoms with Gasteiger partial charge in [0.05, 0.1) is 11.4 Å². The molecule has 298 valence electrons. The van der Waals surface area contributed by atoms with Crippen molar-refractivity contribution in [2.45, 2.75) is 0 Å². The van der Waals surface area contributed by atoms with E-state index in [-0.39, 0.29) is 0 Å². The summed E-state index contributed by atoms with van der Waals surface area (Å²) < 4.78 is 12.9. The number of rotatable bonds is 6. The van der Waals surface area contributed by atoms with Gasteiger partial charge in [-0.05, 0) is 122 Å². The summed E-state index contributed by atoms with van der Waals surface area (Å²) in [6.45, 7) is 0. The van der Waals surface area contributed by atoms with Crippen LogP contribution in [0.1, 0.15) is 0 Å². The van der Waals surface area contributed by atoms with Gasteiger partial charge in [-0.3, -0.25) is 4.98 Å². The summed E-state index contributed by atoms with van der Waals surface area (Å²) in [5, 5.41) is 9.12. The molecule has 0 N–H and O–H groups in total. The van der Waals surface area contributed by atoms with Crippen molar-refractivity contribution in [1.29, 1.82) is 0 Å². The molecule has 0 aliphatic heterocycles. The third-order valence-electron chi connectivity index (χ3n) is 12.5. The van der Waals surface area contributed by atoms with Gasteiger partial charge in [0.25, 0.3) is 0 Å². The van der Waals surface area contributed by atoms with E-state index in [2.05, 4.69) is 193 Å². The van der Waals surface area contributed by atoms with Gasteiger partial charge in [0.15, 0.2) is 5.82 Å². The van der Waals surface area contributed by atoms with Crippen molar-refractivity contribution < 1.29 is 8.83 Å². The van der Waals surface area contributed by atoms with Crippen molar-refractivity contribution in [3.05, 3.63) is 213 Å². The SMILES string of the molecule is c1ccc(-c2cc(-c3cc(-c4ccc5oc6ccc7ccccc7c6c5c4)cc(-c4ccc5oc6ccc7ccccc7c6c5c4)c3)nc(-c3cccc(-c4cccnc4)c3)n2)cc1. The Hall–Kier alpha value is -8.67. The second kappa shape index (κ2) is 14.5. The van der Waals surface area contributed by atoms with Crippen molar-refractivity contribution in [3.8, 4) is 67.3 Å². The fraction of sp³-hybridized carbons (Fsp3) is 0. The standard InChI is InChI=1S/C59H35N3O2/c1-2-12-38(13-3-1)51-34-52(62-59(61-51)42-15-8-14-39(28-42)43-16-9-27-60-35-43)46-30-44(40-21-23-53-49(32-40)57-47-17-6-4-10-36(47)19-25-55(57)63-53)29-45(31-46)41-22-24-54-50(33-41)58-48-18-7-5-11-37(48)20-26-56(58)64-54/h1-35H. The fourth-order valence-corrected chi connectivity index (χ4v) is 9.41. The van der Waals surface area contributed by atoms with Gasteiger partial charge in [-0.25, -0.2) is 9.97 Å². The van der Waals surface area contributed by atoms with E-state index in [0.29, 0.717) is 5.82 Å². The predicted octanol–water partition coefficient (Wildman–Crippen LogP) is 16.0. The van der Waals surface area contributed by atoms with E-state index >= 15 is 0 Å². The molecule has 4 aromatic heterocycles. The second-order valence-electron chi connectivity index (χ2n) is 16.4. The molecule has 0 aliphatic rings. The summed E-state index contributed by atoms with van der Waals surface area (Å²) in [7, 11) is 0. The first-order chi connectivity index (χ1) is 31.7. The molecule has 0 spiro atoms. The van der Waals surface area contributed by atoms with Crippen LogP contribution in [-0.4, -0.2) is 15.0 Å². The molecule has 5 nitrogen and oxygen atoms in total. The number of furan rings is 2. The van der Waals surface area contributed by atoms with Crippen LogP contribution in [0.5, 0.6) is 0 Å². The lowest BCUT2D eigenvalue weighted by molar-refractivity contribution is 0.669. The van der Waals surface area contributed by atoms with Gasteiger partial charge in [0.1, 0.15) is 22.3 Å². The molecule has 64 heavy (non-hydrogen) atoms. The first-order valence-electron chi connectivity index (χ1n) is 21.5. The topological polar surface area (TPSA) is 65.0 Å². The van der Waals surface area contributed by atoms with Crippen LogP contribution in [0.4, 0.5) is 0 Å². The van der Waals surface area contributed by atoms with Crippen LogP contribution in [0.3, 0.4) is 0 Å². The second-order valence-corrected chi connectivity index (χ2v) is 16.4. The Morgan fingerprint density at radius 2 is 0.797 bits per heavy atom. The molecule has 13 aromatic rings. The quantitative estimate of drug-likeness (QED) is 0.167. The number of hydrogen-bond acceptors (Lipinski definition) is 5. The minimum Gasteiger partial charge on any atom is -0.456 e. The summed E-state index contributed by atoms with van der Waals surface area (Å²) in [6.07, 6.45) is 3.68. The summed E-state index contributed by atoms with van der Waals surface area (Å²) in [5.74, 6) is 0.644. The third kappa shape index (κ3) is 6.05. The van der Waals surface area contributed by atoms with E-state index in [1.54, 1.807) is 6.20 Å². The lowest BCUT2D eigenvalue weighted by atomic mass is 9.93. The van der Waals surface area contributed by atoms with Crippen LogP contribution < -0.4 is 0 Å². The number of aromatic nitrogens is 3. The molecule has 0 saturated carbocycles. The smallest absolute Gasteiger partial charge is 0.160 e. The van der Waals surface area contributed by atoms with Crippen molar-refractivity contribution in [2.24, 2.45) is 0 Å². The molecule has 4 heterocycles. The number of pyridine rings is 1. The first kappa shape index (κ1) is 36.0. The maximum Gasteiger partial charge on any atom is 0.160 e. The van der Waals surface area contributed by atoms with Gasteiger partial charge < -0.3 is 8.83 Å². The van der Waals surface area contributed by atoms with Gasteiger partial charge in [0, 0.05) is 56.2 Å². The van der Waals surface area contributed by atoms with Crippen LogP contribution in [0.2, 0.25) is 0 Å². The van der Waals surface area contributed by atoms with E-state index in [9.17, 15) is 0 Å². The lowest BCUT2D eigenvalue weighted by Crippen LogP contribution is -1.97. The number of hydrogen-bond donors (Lipinski definition) is 0. The molecular formula is C59H35N3O2. The van der Waals surface area contributed by atoms with E-state index in [4.69, 9.17) is 18.8 Å². The highest BCUT2D eigenvalue weighted by atomic mass is 16.3. The Balaban J connectivity index is 1.05. The van der Waals surface area contributed by atoms with Crippen LogP contribution in [0, 0.1) is 0 Å². The average molecular weight is 818 g/mol. The van der Waals surface area contributed by atoms with Crippen molar-refractivity contribution in [2.75, 3.05) is 0 Å². The Labute approximate surface area is 367 Å². The minimum absolute atomic E-state index is 0.644. The monoisotopic (exact) mass is 817 g/mol. The lowest BCUT2D eigenvalue weighted by Gasteiger charge is -2.14. The molecule has 0 aliphatic carbocycles. The zero-order valence-corrected chi connectivity index (χ0v) is 34.4. The third-order valence-corrected chi connectivity index (χ3v) is 12.5. The number of fused-ring (bicyclic) bond motifs is 10. The van der Waals surface area contributed by atoms with Gasteiger partial charge in [0.2, 0.25) is 0 Å². The molecular weight excluding hydrogens is 783 g/mol. The Kier molecular flexibility index (Phi) is 8.15. The summed E-state index contributed by atoms with van der Waals surface area (Å²) in [6, 6.07) is 70.3. The van der Waals surface area contributed by atoms with Crippen molar-refractivity contribution in [1.82, 2.24) is 15.0 Å². The largest absolute Gasteiger partial charge is 0.456 e. The average Bonchev–Trinajstić information content (AvgIpc) is 3.95. The van der Waals surface area contributed by atoms with E-state index in [0.717, 1.165) is 105 Å². The highest BCUT2D eigenvalue weighted by Gasteiger charge is 2.18. The molecule has 0 radical (unpaired) electrons. The highest BCUT2D eigenvalue weighted by molar-refractivity contribution is 6.20. The molecule has 13 rings (SSSR count). The molecule has 0 bridgehead atoms. The zero-order valence-electron chi connectivity index (χ0n) is 34.4. The Bertz CT molecular complexity index is 3790. The van der Waals surface area contributed by atoms with Crippen LogP contribution in [0.15, 0.2) is 221 Å². The molecule has 0 saturated heterocycles. The predicted molar refractivity (Wildman–Crippen MR) is 262 cm³/mol. The number of nitrogens with zero attached hydrogens (tertiary/aromatic N) is 3. The zero-order chi connectivity index (χ0) is 42.1. The fourth-order valence-electron chi connectivity index (χ4n) is 9.41. The Morgan fingerprint density at radius 3 is 1.42 bits per heavy atom. The van der Waals surface area contributed by atoms with Crippen LogP contribution in [0.25, 0.3) is 133 Å². The maximum atomic E-state index is 6.45. The van der Waals surface area contributed by atoms with Gasteiger partial charge in [-0.2, -0.15) is 0 Å². The van der Waals surface area contributed by atoms with Crippen molar-refractivity contribution >= 4 is 65.4 Å². The van der Waals surface area contributed by atoms with Gasteiger partial charge in [-0.15, -0.1) is 0 Å². The Morgan fingerprint density at radius 1 is 0.297 bits per heavy atom. The molecule has 9 aromatic carbocycles. The number of benzene rings is 9. The van der Waals surface area contributed by atoms with E-state index < -0.39 is 0 Å². The van der Waals surface area contributed by atoms with E-state index in [1.807, 2.05) is 18.3 Å². The molecule has 0 fully saturated rings. The molecule has 0 atom stereocenters. The normalized spacial score (nSPS) is 11.8. The summed E-state index contributed by atoms with van der Waals surface area (Å²) >= 11 is 0. The molecule has 0 unspecified atom stereocenters. The van der Waals surface area contributed by atoms with Crippen LogP contribution in [-0.2, 0) is 0 Å². The maximum absolute atomic E-state index is 6.45. The highest BCUT2D eigenvalue weighted by Crippen LogP contribution is 2.42. The molecule has 5 heteroatoms. The van der Waals surface area contributed by atoms with Crippen LogP contribution >= 0.6 is 0 Å².